The van der Waals surface area contributed by atoms with E-state index in [0.29, 0.717) is 0 Å². The molecule has 2 heterocycles. The zero-order valence-electron chi connectivity index (χ0n) is 22.8. The third-order valence-electron chi connectivity index (χ3n) is 8.73. The molecule has 0 atom stereocenters. The van der Waals surface area contributed by atoms with Crippen LogP contribution in [0.25, 0.3) is 87.5 Å². The van der Waals surface area contributed by atoms with Crippen LogP contribution in [0, 0.1) is 0 Å². The SMILES string of the molecule is c1cnc2ccc(-c3ccc(-c4ccc5ccc6c(-c7cccc8ncccc78)ccc7ccc4c5c76)cc3)cc2c1. The van der Waals surface area contributed by atoms with Gasteiger partial charge in [0.15, 0.2) is 0 Å². The lowest BCUT2D eigenvalue weighted by Gasteiger charge is -2.17. The number of hydrogen-bond acceptors (Lipinski definition) is 2. The van der Waals surface area contributed by atoms with E-state index in [0.717, 1.165) is 16.4 Å². The van der Waals surface area contributed by atoms with Gasteiger partial charge in [0.1, 0.15) is 0 Å². The molecule has 0 saturated carbocycles. The molecule has 194 valence electrons. The zero-order valence-corrected chi connectivity index (χ0v) is 22.8. The van der Waals surface area contributed by atoms with Crippen LogP contribution in [0.2, 0.25) is 0 Å². The highest BCUT2D eigenvalue weighted by molar-refractivity contribution is 6.28. The molecule has 2 nitrogen and oxygen atoms in total. The van der Waals surface area contributed by atoms with Crippen molar-refractivity contribution in [1.82, 2.24) is 9.97 Å². The maximum atomic E-state index is 4.61. The van der Waals surface area contributed by atoms with Gasteiger partial charge >= 0.3 is 0 Å². The summed E-state index contributed by atoms with van der Waals surface area (Å²) < 4.78 is 0. The first-order valence-electron chi connectivity index (χ1n) is 14.3. The van der Waals surface area contributed by atoms with E-state index >= 15 is 0 Å². The Bertz CT molecular complexity index is 2450. The maximum absolute atomic E-state index is 4.61. The molecule has 9 rings (SSSR count). The molecule has 0 aliphatic rings. The first-order chi connectivity index (χ1) is 20.8. The number of fused-ring (bicyclic) bond motifs is 2. The van der Waals surface area contributed by atoms with E-state index in [1.54, 1.807) is 0 Å². The number of rotatable bonds is 3. The lowest BCUT2D eigenvalue weighted by molar-refractivity contribution is 1.41. The second-order valence-corrected chi connectivity index (χ2v) is 11.0. The van der Waals surface area contributed by atoms with Gasteiger partial charge in [-0.2, -0.15) is 0 Å². The molecular weight excluding hydrogens is 508 g/mol. The Kier molecular flexibility index (Phi) is 4.93. The van der Waals surface area contributed by atoms with E-state index in [2.05, 4.69) is 131 Å². The molecule has 7 aromatic carbocycles. The van der Waals surface area contributed by atoms with Gasteiger partial charge in [-0.3, -0.25) is 9.97 Å². The van der Waals surface area contributed by atoms with Gasteiger partial charge < -0.3 is 0 Å². The number of benzene rings is 7. The summed E-state index contributed by atoms with van der Waals surface area (Å²) in [6.45, 7) is 0. The van der Waals surface area contributed by atoms with E-state index in [9.17, 15) is 0 Å². The molecule has 0 fully saturated rings. The summed E-state index contributed by atoms with van der Waals surface area (Å²) >= 11 is 0. The fourth-order valence-electron chi connectivity index (χ4n) is 6.72. The molecule has 0 bridgehead atoms. The molecule has 0 unspecified atom stereocenters. The van der Waals surface area contributed by atoms with E-state index in [-0.39, 0.29) is 0 Å². The Labute approximate surface area is 242 Å². The van der Waals surface area contributed by atoms with Crippen molar-refractivity contribution in [3.63, 3.8) is 0 Å². The summed E-state index contributed by atoms with van der Waals surface area (Å²) in [4.78, 5) is 9.08. The first-order valence-corrected chi connectivity index (χ1v) is 14.3. The van der Waals surface area contributed by atoms with E-state index < -0.39 is 0 Å². The van der Waals surface area contributed by atoms with E-state index in [1.807, 2.05) is 24.5 Å². The summed E-state index contributed by atoms with van der Waals surface area (Å²) in [5, 5.41) is 10.1. The number of aromatic nitrogens is 2. The van der Waals surface area contributed by atoms with Gasteiger partial charge in [0, 0.05) is 23.2 Å². The molecule has 0 aliphatic heterocycles. The van der Waals surface area contributed by atoms with Crippen LogP contribution in [0.4, 0.5) is 0 Å². The van der Waals surface area contributed by atoms with Crippen molar-refractivity contribution in [2.24, 2.45) is 0 Å². The molecule has 2 heteroatoms. The van der Waals surface area contributed by atoms with Crippen molar-refractivity contribution in [3.8, 4) is 33.4 Å². The minimum Gasteiger partial charge on any atom is -0.256 e. The summed E-state index contributed by atoms with van der Waals surface area (Å²) in [6.07, 6.45) is 3.71. The molecular formula is C40H24N2. The monoisotopic (exact) mass is 532 g/mol. The van der Waals surface area contributed by atoms with Crippen molar-refractivity contribution in [3.05, 3.63) is 146 Å². The summed E-state index contributed by atoms with van der Waals surface area (Å²) in [6, 6.07) is 48.4. The number of hydrogen-bond donors (Lipinski definition) is 0. The van der Waals surface area contributed by atoms with Gasteiger partial charge in [-0.15, -0.1) is 0 Å². The van der Waals surface area contributed by atoms with Crippen LogP contribution in [-0.2, 0) is 0 Å². The quantitative estimate of drug-likeness (QED) is 0.212. The Morgan fingerprint density at radius 3 is 1.76 bits per heavy atom. The maximum Gasteiger partial charge on any atom is 0.0708 e. The Balaban J connectivity index is 1.22. The molecule has 9 aromatic rings. The highest BCUT2D eigenvalue weighted by atomic mass is 14.6. The van der Waals surface area contributed by atoms with Crippen LogP contribution in [0.3, 0.4) is 0 Å². The average molecular weight is 533 g/mol. The van der Waals surface area contributed by atoms with Crippen LogP contribution in [0.1, 0.15) is 0 Å². The fraction of sp³-hybridized carbons (Fsp3) is 0. The zero-order chi connectivity index (χ0) is 27.6. The van der Waals surface area contributed by atoms with Gasteiger partial charge in [-0.1, -0.05) is 103 Å². The highest BCUT2D eigenvalue weighted by Crippen LogP contribution is 2.43. The topological polar surface area (TPSA) is 25.8 Å². The standard InChI is InChI=1S/C40H24N2/c1-5-32(34-6-3-23-42-38(34)7-1)33-18-13-28-14-19-35-31(17-12-27-15-20-36(33)40(28)39(27)35)26-10-8-25(9-11-26)29-16-21-37-30(24-29)4-2-22-41-37/h1-24H. The molecule has 0 radical (unpaired) electrons. The second-order valence-electron chi connectivity index (χ2n) is 11.0. The molecule has 0 N–H and O–H groups in total. The Hall–Kier alpha value is -5.60. The van der Waals surface area contributed by atoms with Gasteiger partial charge in [0.05, 0.1) is 11.0 Å². The largest absolute Gasteiger partial charge is 0.256 e. The smallest absolute Gasteiger partial charge is 0.0708 e. The molecule has 2 aromatic heterocycles. The normalized spacial score (nSPS) is 11.8. The van der Waals surface area contributed by atoms with Crippen molar-refractivity contribution < 1.29 is 0 Å². The number of pyridine rings is 2. The van der Waals surface area contributed by atoms with Gasteiger partial charge in [-0.05, 0) is 96.0 Å². The van der Waals surface area contributed by atoms with Crippen molar-refractivity contribution in [2.75, 3.05) is 0 Å². The van der Waals surface area contributed by atoms with Crippen molar-refractivity contribution >= 4 is 54.1 Å². The van der Waals surface area contributed by atoms with Crippen LogP contribution in [0.15, 0.2) is 146 Å². The molecule has 42 heavy (non-hydrogen) atoms. The molecule has 0 amide bonds. The first kappa shape index (κ1) is 23.1. The third kappa shape index (κ3) is 3.45. The molecule has 0 aliphatic carbocycles. The Morgan fingerprint density at radius 1 is 0.333 bits per heavy atom. The lowest BCUT2D eigenvalue weighted by Crippen LogP contribution is -1.90. The minimum absolute atomic E-state index is 1.02. The van der Waals surface area contributed by atoms with E-state index in [4.69, 9.17) is 0 Å². The summed E-state index contributed by atoms with van der Waals surface area (Å²) in [5.41, 5.74) is 9.39. The van der Waals surface area contributed by atoms with Gasteiger partial charge in [0.25, 0.3) is 0 Å². The molecule has 0 saturated heterocycles. The second kappa shape index (κ2) is 8.95. The van der Waals surface area contributed by atoms with Crippen molar-refractivity contribution in [1.29, 1.82) is 0 Å². The fourth-order valence-corrected chi connectivity index (χ4v) is 6.72. The minimum atomic E-state index is 1.02. The lowest BCUT2D eigenvalue weighted by atomic mass is 9.86. The Morgan fingerprint density at radius 2 is 0.952 bits per heavy atom. The number of nitrogens with zero attached hydrogens (tertiary/aromatic N) is 2. The van der Waals surface area contributed by atoms with Gasteiger partial charge in [0.2, 0.25) is 0 Å². The highest BCUT2D eigenvalue weighted by Gasteiger charge is 2.16. The average Bonchev–Trinajstić information content (AvgIpc) is 3.06. The summed E-state index contributed by atoms with van der Waals surface area (Å²) in [7, 11) is 0. The van der Waals surface area contributed by atoms with Crippen molar-refractivity contribution in [2.45, 2.75) is 0 Å². The third-order valence-corrected chi connectivity index (χ3v) is 8.73. The van der Waals surface area contributed by atoms with Crippen LogP contribution in [-0.4, -0.2) is 9.97 Å². The predicted octanol–water partition coefficient (Wildman–Crippen LogP) is 10.7. The van der Waals surface area contributed by atoms with E-state index in [1.165, 1.54) is 71.1 Å². The van der Waals surface area contributed by atoms with Crippen LogP contribution >= 0.6 is 0 Å². The van der Waals surface area contributed by atoms with Crippen LogP contribution in [0.5, 0.6) is 0 Å². The van der Waals surface area contributed by atoms with Crippen LogP contribution < -0.4 is 0 Å². The van der Waals surface area contributed by atoms with Gasteiger partial charge in [-0.25, -0.2) is 0 Å². The molecule has 0 spiro atoms. The predicted molar refractivity (Wildman–Crippen MR) is 177 cm³/mol. The summed E-state index contributed by atoms with van der Waals surface area (Å²) in [5.74, 6) is 0.